The third-order valence-electron chi connectivity index (χ3n) is 5.92. The molecule has 2 rings (SSSR count). The van der Waals surface area contributed by atoms with Gasteiger partial charge >= 0.3 is 5.97 Å². The van der Waals surface area contributed by atoms with Gasteiger partial charge in [0.2, 0.25) is 0 Å². The zero-order valence-electron chi connectivity index (χ0n) is 12.1. The second kappa shape index (κ2) is 3.49. The van der Waals surface area contributed by atoms with Crippen LogP contribution in [0.1, 0.15) is 60.8 Å². The van der Waals surface area contributed by atoms with Crippen LogP contribution in [0.2, 0.25) is 0 Å². The van der Waals surface area contributed by atoms with E-state index in [0.29, 0.717) is 5.92 Å². The molecule has 0 aliphatic heterocycles. The maximum atomic E-state index is 12.0. The highest BCUT2D eigenvalue weighted by molar-refractivity contribution is 5.72. The SMILES string of the molecule is CC(C)C(=O)OC1(C)C2(C)CCC(C2)C1(C)C. The van der Waals surface area contributed by atoms with Gasteiger partial charge in [0.1, 0.15) is 5.60 Å². The normalized spacial score (nSPS) is 43.1. The molecule has 0 N–H and O–H groups in total. The monoisotopic (exact) mass is 238 g/mol. The number of rotatable bonds is 2. The highest BCUT2D eigenvalue weighted by atomic mass is 16.6. The molecule has 2 bridgehead atoms. The molecule has 2 fully saturated rings. The van der Waals surface area contributed by atoms with E-state index in [1.54, 1.807) is 0 Å². The maximum Gasteiger partial charge on any atom is 0.308 e. The summed E-state index contributed by atoms with van der Waals surface area (Å²) >= 11 is 0. The van der Waals surface area contributed by atoms with Gasteiger partial charge in [0.25, 0.3) is 0 Å². The van der Waals surface area contributed by atoms with E-state index in [1.807, 2.05) is 13.8 Å². The Morgan fingerprint density at radius 3 is 2.24 bits per heavy atom. The summed E-state index contributed by atoms with van der Waals surface area (Å²) in [4.78, 5) is 12.0. The highest BCUT2D eigenvalue weighted by Gasteiger charge is 2.68. The van der Waals surface area contributed by atoms with Crippen LogP contribution in [0, 0.1) is 22.7 Å². The van der Waals surface area contributed by atoms with Crippen molar-refractivity contribution >= 4 is 5.97 Å². The van der Waals surface area contributed by atoms with Crippen LogP contribution in [-0.2, 0) is 9.53 Å². The topological polar surface area (TPSA) is 26.3 Å². The maximum absolute atomic E-state index is 12.0. The average Bonchev–Trinajstić information content (AvgIpc) is 2.66. The average molecular weight is 238 g/mol. The summed E-state index contributed by atoms with van der Waals surface area (Å²) in [5.41, 5.74) is -0.0272. The summed E-state index contributed by atoms with van der Waals surface area (Å²) in [6.07, 6.45) is 3.70. The largest absolute Gasteiger partial charge is 0.458 e. The molecule has 0 heterocycles. The molecule has 0 radical (unpaired) electrons. The number of hydrogen-bond acceptors (Lipinski definition) is 2. The fraction of sp³-hybridized carbons (Fsp3) is 0.933. The van der Waals surface area contributed by atoms with Crippen molar-refractivity contribution in [3.05, 3.63) is 0 Å². The van der Waals surface area contributed by atoms with Gasteiger partial charge in [-0.25, -0.2) is 0 Å². The highest BCUT2D eigenvalue weighted by Crippen LogP contribution is 2.69. The predicted octanol–water partition coefficient (Wildman–Crippen LogP) is 3.79. The summed E-state index contributed by atoms with van der Waals surface area (Å²) in [7, 11) is 0. The summed E-state index contributed by atoms with van der Waals surface area (Å²) in [6.45, 7) is 12.8. The molecule has 2 aliphatic rings. The van der Waals surface area contributed by atoms with Crippen LogP contribution < -0.4 is 0 Å². The van der Waals surface area contributed by atoms with E-state index in [1.165, 1.54) is 19.3 Å². The Morgan fingerprint density at radius 1 is 1.24 bits per heavy atom. The first-order valence-electron chi connectivity index (χ1n) is 6.87. The minimum absolute atomic E-state index is 0.0367. The van der Waals surface area contributed by atoms with Crippen molar-refractivity contribution in [2.24, 2.45) is 22.7 Å². The second-order valence-corrected chi connectivity index (χ2v) is 7.33. The van der Waals surface area contributed by atoms with Gasteiger partial charge < -0.3 is 4.74 Å². The van der Waals surface area contributed by atoms with Crippen molar-refractivity contribution in [3.8, 4) is 0 Å². The van der Waals surface area contributed by atoms with Crippen LogP contribution in [0.25, 0.3) is 0 Å². The molecular formula is C15H26O2. The number of fused-ring (bicyclic) bond motifs is 2. The van der Waals surface area contributed by atoms with Crippen molar-refractivity contribution in [2.45, 2.75) is 66.4 Å². The number of ether oxygens (including phenoxy) is 1. The standard InChI is InChI=1S/C15H26O2/c1-10(2)12(16)17-15(6)13(3,4)11-7-8-14(15,5)9-11/h10-11H,7-9H2,1-6H3. The van der Waals surface area contributed by atoms with Gasteiger partial charge in [-0.15, -0.1) is 0 Å². The van der Waals surface area contributed by atoms with Gasteiger partial charge in [-0.1, -0.05) is 34.6 Å². The number of hydrogen-bond donors (Lipinski definition) is 0. The predicted molar refractivity (Wildman–Crippen MR) is 68.6 cm³/mol. The lowest BCUT2D eigenvalue weighted by Crippen LogP contribution is -2.55. The van der Waals surface area contributed by atoms with Crippen LogP contribution in [0.15, 0.2) is 0 Å². The zero-order chi connectivity index (χ0) is 13.1. The molecule has 0 spiro atoms. The van der Waals surface area contributed by atoms with Crippen LogP contribution in [0.4, 0.5) is 0 Å². The molecule has 3 unspecified atom stereocenters. The molecule has 17 heavy (non-hydrogen) atoms. The molecule has 2 aliphatic carbocycles. The Balaban J connectivity index is 2.32. The molecule has 2 heteroatoms. The molecular weight excluding hydrogens is 212 g/mol. The molecule has 0 saturated heterocycles. The van der Waals surface area contributed by atoms with E-state index in [9.17, 15) is 4.79 Å². The lowest BCUT2D eigenvalue weighted by Gasteiger charge is -2.51. The third-order valence-corrected chi connectivity index (χ3v) is 5.92. The molecule has 98 valence electrons. The third kappa shape index (κ3) is 1.49. The lowest BCUT2D eigenvalue weighted by atomic mass is 9.61. The molecule has 0 aromatic rings. The van der Waals surface area contributed by atoms with Crippen molar-refractivity contribution in [2.75, 3.05) is 0 Å². The minimum atomic E-state index is -0.301. The molecule has 0 aromatic carbocycles. The van der Waals surface area contributed by atoms with Gasteiger partial charge in [0.05, 0.1) is 5.92 Å². The summed E-state index contributed by atoms with van der Waals surface area (Å²) < 4.78 is 5.97. The summed E-state index contributed by atoms with van der Waals surface area (Å²) in [6, 6.07) is 0. The molecule has 0 amide bonds. The van der Waals surface area contributed by atoms with Gasteiger partial charge in [-0.05, 0) is 32.1 Å². The molecule has 3 atom stereocenters. The second-order valence-electron chi connectivity index (χ2n) is 7.33. The van der Waals surface area contributed by atoms with Crippen molar-refractivity contribution < 1.29 is 9.53 Å². The zero-order valence-corrected chi connectivity index (χ0v) is 12.1. The lowest BCUT2D eigenvalue weighted by molar-refractivity contribution is -0.196. The van der Waals surface area contributed by atoms with Crippen LogP contribution >= 0.6 is 0 Å². The quantitative estimate of drug-likeness (QED) is 0.684. The van der Waals surface area contributed by atoms with E-state index in [-0.39, 0.29) is 28.3 Å². The Hall–Kier alpha value is -0.530. The molecule has 0 aromatic heterocycles. The van der Waals surface area contributed by atoms with Crippen molar-refractivity contribution in [1.29, 1.82) is 0 Å². The Kier molecular flexibility index (Phi) is 2.65. The van der Waals surface area contributed by atoms with Gasteiger partial charge in [0, 0.05) is 10.8 Å². The first-order valence-corrected chi connectivity index (χ1v) is 6.87. The van der Waals surface area contributed by atoms with Gasteiger partial charge in [-0.2, -0.15) is 0 Å². The number of esters is 1. The minimum Gasteiger partial charge on any atom is -0.458 e. The van der Waals surface area contributed by atoms with Gasteiger partial charge in [0.15, 0.2) is 0 Å². The summed E-state index contributed by atoms with van der Waals surface area (Å²) in [5, 5.41) is 0. The number of carbonyl (C=O) groups excluding carboxylic acids is 1. The molecule has 2 nitrogen and oxygen atoms in total. The van der Waals surface area contributed by atoms with Crippen molar-refractivity contribution in [3.63, 3.8) is 0 Å². The van der Waals surface area contributed by atoms with Crippen molar-refractivity contribution in [1.82, 2.24) is 0 Å². The van der Waals surface area contributed by atoms with Crippen LogP contribution in [0.3, 0.4) is 0 Å². The van der Waals surface area contributed by atoms with Crippen LogP contribution in [-0.4, -0.2) is 11.6 Å². The fourth-order valence-corrected chi connectivity index (χ4v) is 4.03. The Labute approximate surface area is 105 Å². The van der Waals surface area contributed by atoms with E-state index < -0.39 is 0 Å². The van der Waals surface area contributed by atoms with Crippen LogP contribution in [0.5, 0.6) is 0 Å². The molecule has 2 saturated carbocycles. The Morgan fingerprint density at radius 2 is 1.82 bits per heavy atom. The van der Waals surface area contributed by atoms with Gasteiger partial charge in [-0.3, -0.25) is 4.79 Å². The van der Waals surface area contributed by atoms with E-state index >= 15 is 0 Å². The fourth-order valence-electron chi connectivity index (χ4n) is 4.03. The summed E-state index contributed by atoms with van der Waals surface area (Å²) in [5.74, 6) is 0.622. The Bertz CT molecular complexity index is 338. The smallest absolute Gasteiger partial charge is 0.308 e. The first-order chi connectivity index (χ1) is 7.64. The number of carbonyl (C=O) groups is 1. The first kappa shape index (κ1) is 12.9. The van der Waals surface area contributed by atoms with E-state index in [2.05, 4.69) is 27.7 Å². The van der Waals surface area contributed by atoms with E-state index in [0.717, 1.165) is 0 Å². The van der Waals surface area contributed by atoms with E-state index in [4.69, 9.17) is 4.74 Å².